The predicted octanol–water partition coefficient (Wildman–Crippen LogP) is 3.51. The van der Waals surface area contributed by atoms with Crippen LogP contribution in [0.15, 0.2) is 42.6 Å². The van der Waals surface area contributed by atoms with E-state index in [-0.39, 0.29) is 11.2 Å². The maximum Gasteiger partial charge on any atom is 0.128 e. The van der Waals surface area contributed by atoms with Crippen LogP contribution in [0.25, 0.3) is 0 Å². The number of methoxy groups -OCH3 is 1. The highest BCUT2D eigenvalue weighted by Gasteiger charge is 2.38. The zero-order chi connectivity index (χ0) is 18.4. The molecule has 26 heavy (non-hydrogen) atoms. The number of likely N-dealkylation sites (N-methyl/N-ethyl adjacent to an activating group) is 1. The molecule has 0 amide bonds. The van der Waals surface area contributed by atoms with Gasteiger partial charge in [-0.1, -0.05) is 24.6 Å². The van der Waals surface area contributed by atoms with E-state index in [0.717, 1.165) is 38.3 Å². The molecule has 0 atom stereocenters. The second kappa shape index (κ2) is 8.60. The molecule has 0 bridgehead atoms. The summed E-state index contributed by atoms with van der Waals surface area (Å²) in [6.07, 6.45) is 5.49. The SMILES string of the molecule is COCCN(C)c1ccc(CNCC2(c3ccc(F)cc3)CCC2)cn1. The van der Waals surface area contributed by atoms with E-state index in [2.05, 4.69) is 21.3 Å². The predicted molar refractivity (Wildman–Crippen MR) is 103 cm³/mol. The van der Waals surface area contributed by atoms with E-state index < -0.39 is 0 Å². The van der Waals surface area contributed by atoms with Crippen LogP contribution in [-0.4, -0.2) is 38.8 Å². The molecule has 1 aliphatic rings. The molecule has 0 aliphatic heterocycles. The number of benzene rings is 1. The lowest BCUT2D eigenvalue weighted by Gasteiger charge is -2.43. The molecule has 1 aromatic heterocycles. The van der Waals surface area contributed by atoms with Gasteiger partial charge in [0.15, 0.2) is 0 Å². The molecule has 1 heterocycles. The van der Waals surface area contributed by atoms with E-state index in [9.17, 15) is 4.39 Å². The number of anilines is 1. The Labute approximate surface area is 155 Å². The van der Waals surface area contributed by atoms with E-state index in [1.54, 1.807) is 19.2 Å². The normalized spacial score (nSPS) is 15.5. The monoisotopic (exact) mass is 357 g/mol. The minimum absolute atomic E-state index is 0.154. The summed E-state index contributed by atoms with van der Waals surface area (Å²) in [7, 11) is 3.72. The van der Waals surface area contributed by atoms with Crippen molar-refractivity contribution in [3.05, 3.63) is 59.5 Å². The minimum atomic E-state index is -0.169. The van der Waals surface area contributed by atoms with Gasteiger partial charge in [-0.2, -0.15) is 0 Å². The zero-order valence-electron chi connectivity index (χ0n) is 15.7. The second-order valence-corrected chi connectivity index (χ2v) is 7.18. The lowest BCUT2D eigenvalue weighted by atomic mass is 9.64. The Bertz CT molecular complexity index is 683. The Morgan fingerprint density at radius 2 is 1.96 bits per heavy atom. The number of ether oxygens (including phenoxy) is 1. The fourth-order valence-corrected chi connectivity index (χ4v) is 3.51. The average Bonchev–Trinajstić information content (AvgIpc) is 2.63. The number of nitrogens with zero attached hydrogens (tertiary/aromatic N) is 2. The number of hydrogen-bond donors (Lipinski definition) is 1. The van der Waals surface area contributed by atoms with Crippen molar-refractivity contribution in [2.45, 2.75) is 31.2 Å². The Morgan fingerprint density at radius 3 is 2.54 bits per heavy atom. The van der Waals surface area contributed by atoms with Gasteiger partial charge in [-0.25, -0.2) is 9.37 Å². The summed E-state index contributed by atoms with van der Waals surface area (Å²) >= 11 is 0. The van der Waals surface area contributed by atoms with E-state index >= 15 is 0 Å². The van der Waals surface area contributed by atoms with Crippen molar-refractivity contribution in [1.82, 2.24) is 10.3 Å². The summed E-state index contributed by atoms with van der Waals surface area (Å²) in [6.45, 7) is 3.21. The highest BCUT2D eigenvalue weighted by molar-refractivity contribution is 5.38. The van der Waals surface area contributed by atoms with E-state index in [4.69, 9.17) is 4.74 Å². The number of nitrogens with one attached hydrogen (secondary N) is 1. The molecule has 0 saturated heterocycles. The third-order valence-corrected chi connectivity index (χ3v) is 5.39. The molecule has 0 unspecified atom stereocenters. The average molecular weight is 357 g/mol. The molecule has 1 N–H and O–H groups in total. The van der Waals surface area contributed by atoms with Crippen LogP contribution in [-0.2, 0) is 16.7 Å². The molecule has 3 rings (SSSR count). The van der Waals surface area contributed by atoms with Gasteiger partial charge < -0.3 is 15.0 Å². The fourth-order valence-electron chi connectivity index (χ4n) is 3.51. The quantitative estimate of drug-likeness (QED) is 0.745. The summed E-state index contributed by atoms with van der Waals surface area (Å²) in [4.78, 5) is 6.62. The highest BCUT2D eigenvalue weighted by atomic mass is 19.1. The Hall–Kier alpha value is -1.98. The number of pyridine rings is 1. The van der Waals surface area contributed by atoms with E-state index in [1.807, 2.05) is 31.4 Å². The second-order valence-electron chi connectivity index (χ2n) is 7.18. The fraction of sp³-hybridized carbons (Fsp3) is 0.476. The molecular weight excluding hydrogens is 329 g/mol. The minimum Gasteiger partial charge on any atom is -0.383 e. The molecular formula is C21H28FN3O. The van der Waals surface area contributed by atoms with Crippen LogP contribution in [0.3, 0.4) is 0 Å². The molecule has 1 fully saturated rings. The van der Waals surface area contributed by atoms with E-state index in [1.165, 1.54) is 17.5 Å². The van der Waals surface area contributed by atoms with Gasteiger partial charge in [0.1, 0.15) is 11.6 Å². The van der Waals surface area contributed by atoms with Gasteiger partial charge in [0.25, 0.3) is 0 Å². The summed E-state index contributed by atoms with van der Waals surface area (Å²) < 4.78 is 18.3. The first-order valence-electron chi connectivity index (χ1n) is 9.25. The van der Waals surface area contributed by atoms with Crippen LogP contribution in [0.1, 0.15) is 30.4 Å². The number of halogens is 1. The summed E-state index contributed by atoms with van der Waals surface area (Å²) in [5.41, 5.74) is 2.56. The summed E-state index contributed by atoms with van der Waals surface area (Å²) in [6, 6.07) is 11.2. The molecule has 1 aromatic carbocycles. The summed E-state index contributed by atoms with van der Waals surface area (Å²) in [5.74, 6) is 0.783. The maximum atomic E-state index is 13.2. The molecule has 1 aliphatic carbocycles. The van der Waals surface area contributed by atoms with Crippen molar-refractivity contribution >= 4 is 5.82 Å². The number of hydrogen-bond acceptors (Lipinski definition) is 4. The van der Waals surface area contributed by atoms with Gasteiger partial charge in [-0.3, -0.25) is 0 Å². The highest BCUT2D eigenvalue weighted by Crippen LogP contribution is 2.43. The number of aromatic nitrogens is 1. The Morgan fingerprint density at radius 1 is 1.19 bits per heavy atom. The van der Waals surface area contributed by atoms with Crippen molar-refractivity contribution in [1.29, 1.82) is 0 Å². The Kier molecular flexibility index (Phi) is 6.22. The van der Waals surface area contributed by atoms with E-state index in [0.29, 0.717) is 6.61 Å². The lowest BCUT2D eigenvalue weighted by Crippen LogP contribution is -2.43. The molecule has 0 radical (unpaired) electrons. The molecule has 2 aromatic rings. The lowest BCUT2D eigenvalue weighted by molar-refractivity contribution is 0.206. The summed E-state index contributed by atoms with van der Waals surface area (Å²) in [5, 5.41) is 3.57. The zero-order valence-corrected chi connectivity index (χ0v) is 15.7. The standard InChI is InChI=1S/C21H28FN3O/c1-25(12-13-26-2)20-9-4-17(15-24-20)14-23-16-21(10-3-11-21)18-5-7-19(22)8-6-18/h4-9,15,23H,3,10-14,16H2,1-2H3. The molecule has 0 spiro atoms. The van der Waals surface area contributed by atoms with Gasteiger partial charge in [-0.15, -0.1) is 0 Å². The molecule has 140 valence electrons. The van der Waals surface area contributed by atoms with Crippen LogP contribution < -0.4 is 10.2 Å². The van der Waals surface area contributed by atoms with Crippen molar-refractivity contribution in [2.24, 2.45) is 0 Å². The molecule has 1 saturated carbocycles. The first-order chi connectivity index (χ1) is 12.6. The van der Waals surface area contributed by atoms with Gasteiger partial charge in [-0.05, 0) is 42.2 Å². The van der Waals surface area contributed by atoms with Gasteiger partial charge >= 0.3 is 0 Å². The van der Waals surface area contributed by atoms with Crippen LogP contribution >= 0.6 is 0 Å². The van der Waals surface area contributed by atoms with Gasteiger partial charge in [0.2, 0.25) is 0 Å². The maximum absolute atomic E-state index is 13.2. The van der Waals surface area contributed by atoms with Gasteiger partial charge in [0, 0.05) is 45.4 Å². The van der Waals surface area contributed by atoms with Crippen LogP contribution in [0, 0.1) is 5.82 Å². The third kappa shape index (κ3) is 4.40. The largest absolute Gasteiger partial charge is 0.383 e. The first-order valence-corrected chi connectivity index (χ1v) is 9.25. The van der Waals surface area contributed by atoms with Crippen LogP contribution in [0.2, 0.25) is 0 Å². The van der Waals surface area contributed by atoms with Crippen molar-refractivity contribution in [2.75, 3.05) is 38.8 Å². The third-order valence-electron chi connectivity index (χ3n) is 5.39. The Balaban J connectivity index is 1.53. The molecule has 4 nitrogen and oxygen atoms in total. The smallest absolute Gasteiger partial charge is 0.128 e. The topological polar surface area (TPSA) is 37.4 Å². The molecule has 5 heteroatoms. The van der Waals surface area contributed by atoms with Crippen LogP contribution in [0.4, 0.5) is 10.2 Å². The van der Waals surface area contributed by atoms with Crippen molar-refractivity contribution < 1.29 is 9.13 Å². The van der Waals surface area contributed by atoms with Crippen molar-refractivity contribution in [3.8, 4) is 0 Å². The number of rotatable bonds is 9. The van der Waals surface area contributed by atoms with Crippen molar-refractivity contribution in [3.63, 3.8) is 0 Å². The van der Waals surface area contributed by atoms with Gasteiger partial charge in [0.05, 0.1) is 6.61 Å². The van der Waals surface area contributed by atoms with Crippen LogP contribution in [0.5, 0.6) is 0 Å². The first kappa shape index (κ1) is 18.8.